The summed E-state index contributed by atoms with van der Waals surface area (Å²) in [7, 11) is 1.95. The van der Waals surface area contributed by atoms with E-state index in [0.717, 1.165) is 11.1 Å². The number of hydrogen-bond donors (Lipinski definition) is 0. The Balaban J connectivity index is 1.91. The van der Waals surface area contributed by atoms with Crippen LogP contribution in [-0.4, -0.2) is 24.3 Å². The van der Waals surface area contributed by atoms with Gasteiger partial charge in [-0.25, -0.2) is 9.67 Å². The van der Waals surface area contributed by atoms with E-state index in [4.69, 9.17) is 0 Å². The number of hydrogen-bond acceptors (Lipinski definition) is 3. The largest absolute Gasteiger partial charge is 0.287 e. The maximum Gasteiger partial charge on any atom is 0.253 e. The van der Waals surface area contributed by atoms with E-state index < -0.39 is 0 Å². The zero-order valence-corrected chi connectivity index (χ0v) is 12.7. The Bertz CT molecular complexity index is 865. The van der Waals surface area contributed by atoms with Crippen LogP contribution in [0, 0.1) is 0 Å². The van der Waals surface area contributed by atoms with Crippen molar-refractivity contribution in [1.29, 1.82) is 0 Å². The topological polar surface area (TPSA) is 48.5 Å². The molecule has 0 unspecified atom stereocenters. The van der Waals surface area contributed by atoms with E-state index in [1.165, 1.54) is 0 Å². The molecule has 0 radical (unpaired) electrons. The summed E-state index contributed by atoms with van der Waals surface area (Å²) in [5.41, 5.74) is 1.95. The van der Waals surface area contributed by atoms with Gasteiger partial charge in [-0.1, -0.05) is 60.7 Å². The van der Waals surface area contributed by atoms with Crippen molar-refractivity contribution >= 4 is 0 Å². The number of rotatable bonds is 3. The molecule has 0 fully saturated rings. The molecule has 2 aromatic heterocycles. The predicted molar refractivity (Wildman–Crippen MR) is 89.0 cm³/mol. The zero-order chi connectivity index (χ0) is 15.6. The summed E-state index contributed by atoms with van der Waals surface area (Å²) in [5, 5.41) is 0. The van der Waals surface area contributed by atoms with Crippen LogP contribution < -0.4 is 0 Å². The van der Waals surface area contributed by atoms with Gasteiger partial charge in [0.1, 0.15) is 0 Å². The lowest BCUT2D eigenvalue weighted by molar-refractivity contribution is 0.563. The van der Waals surface area contributed by atoms with Crippen molar-refractivity contribution in [2.75, 3.05) is 0 Å². The maximum atomic E-state index is 4.65. The molecule has 0 saturated carbocycles. The highest BCUT2D eigenvalue weighted by molar-refractivity contribution is 5.61. The average molecular weight is 301 g/mol. The third-order valence-electron chi connectivity index (χ3n) is 3.66. The minimum Gasteiger partial charge on any atom is -0.287 e. The normalized spacial score (nSPS) is 10.8. The minimum absolute atomic E-state index is 0.614. The van der Waals surface area contributed by atoms with E-state index in [0.29, 0.717) is 17.6 Å². The van der Waals surface area contributed by atoms with Gasteiger partial charge in [0, 0.05) is 30.6 Å². The fraction of sp³-hybridized carbons (Fsp3) is 0.0556. The van der Waals surface area contributed by atoms with Crippen molar-refractivity contribution in [2.45, 2.75) is 0 Å². The summed E-state index contributed by atoms with van der Waals surface area (Å²) in [6.45, 7) is 0. The Morgan fingerprint density at radius 1 is 0.652 bits per heavy atom. The quantitative estimate of drug-likeness (QED) is 0.583. The second-order valence-electron chi connectivity index (χ2n) is 5.23. The van der Waals surface area contributed by atoms with Crippen LogP contribution in [0.2, 0.25) is 0 Å². The van der Waals surface area contributed by atoms with Crippen LogP contribution in [0.3, 0.4) is 0 Å². The highest BCUT2D eigenvalue weighted by Gasteiger charge is 2.12. The van der Waals surface area contributed by atoms with Gasteiger partial charge in [0.25, 0.3) is 5.95 Å². The third kappa shape index (κ3) is 2.53. The number of benzene rings is 2. The zero-order valence-electron chi connectivity index (χ0n) is 12.7. The van der Waals surface area contributed by atoms with Gasteiger partial charge in [-0.05, 0) is 0 Å². The van der Waals surface area contributed by atoms with E-state index in [9.17, 15) is 0 Å². The van der Waals surface area contributed by atoms with Crippen LogP contribution in [-0.2, 0) is 7.05 Å². The Kier molecular flexibility index (Phi) is 3.24. The van der Waals surface area contributed by atoms with Gasteiger partial charge in [-0.2, -0.15) is 9.97 Å². The van der Waals surface area contributed by atoms with Gasteiger partial charge in [-0.3, -0.25) is 4.68 Å². The smallest absolute Gasteiger partial charge is 0.253 e. The third-order valence-corrected chi connectivity index (χ3v) is 3.66. The second kappa shape index (κ2) is 5.53. The number of aryl methyl sites for hydroxylation is 1. The fourth-order valence-corrected chi connectivity index (χ4v) is 2.37. The first-order valence-corrected chi connectivity index (χ1v) is 7.38. The fourth-order valence-electron chi connectivity index (χ4n) is 2.37. The highest BCUT2D eigenvalue weighted by Crippen LogP contribution is 2.21. The summed E-state index contributed by atoms with van der Waals surface area (Å²) in [6, 6.07) is 19.9. The van der Waals surface area contributed by atoms with Crippen LogP contribution in [0.1, 0.15) is 0 Å². The monoisotopic (exact) mass is 301 g/mol. The first-order chi connectivity index (χ1) is 11.3. The molecule has 5 heteroatoms. The first-order valence-electron chi connectivity index (χ1n) is 7.38. The molecule has 5 nitrogen and oxygen atoms in total. The van der Waals surface area contributed by atoms with Crippen molar-refractivity contribution in [3.8, 4) is 28.7 Å². The average Bonchev–Trinajstić information content (AvgIpc) is 2.61. The van der Waals surface area contributed by atoms with Crippen molar-refractivity contribution in [3.63, 3.8) is 0 Å². The summed E-state index contributed by atoms with van der Waals surface area (Å²) in [5.74, 6) is 1.95. The van der Waals surface area contributed by atoms with Gasteiger partial charge < -0.3 is 0 Å². The van der Waals surface area contributed by atoms with Crippen LogP contribution in [0.5, 0.6) is 0 Å². The van der Waals surface area contributed by atoms with Crippen LogP contribution >= 0.6 is 0 Å². The Labute approximate surface area is 133 Å². The van der Waals surface area contributed by atoms with E-state index in [1.807, 2.05) is 89.5 Å². The molecule has 0 spiro atoms. The van der Waals surface area contributed by atoms with Gasteiger partial charge in [-0.15, -0.1) is 0 Å². The van der Waals surface area contributed by atoms with E-state index in [-0.39, 0.29) is 0 Å². The molecule has 0 atom stereocenters. The molecule has 0 amide bonds. The molecule has 0 aliphatic heterocycles. The molecule has 112 valence electrons. The predicted octanol–water partition coefficient (Wildman–Crippen LogP) is 3.33. The number of aromatic nitrogens is 5. The number of nitrogens with zero attached hydrogens (tertiary/aromatic N) is 5. The lowest BCUT2D eigenvalue weighted by atomic mass is 10.2. The standard InChI is InChI=1S/C18H15N5/c1-22-12-13-23(22)18-20-16(14-8-4-2-5-9-14)19-17(21-18)15-10-6-3-7-11-15/h2-13H,1H3. The molecule has 4 rings (SSSR count). The van der Waals surface area contributed by atoms with E-state index in [2.05, 4.69) is 15.0 Å². The van der Waals surface area contributed by atoms with Crippen LogP contribution in [0.25, 0.3) is 28.7 Å². The van der Waals surface area contributed by atoms with E-state index >= 15 is 0 Å². The first kappa shape index (κ1) is 13.5. The lowest BCUT2D eigenvalue weighted by Gasteiger charge is -2.16. The summed E-state index contributed by atoms with van der Waals surface area (Å²) >= 11 is 0. The summed E-state index contributed by atoms with van der Waals surface area (Å²) in [4.78, 5) is 13.9. The molecule has 0 bridgehead atoms. The molecule has 2 aromatic carbocycles. The molecule has 2 heterocycles. The molecular formula is C18H15N5. The maximum absolute atomic E-state index is 4.65. The van der Waals surface area contributed by atoms with Gasteiger partial charge in [0.2, 0.25) is 0 Å². The second-order valence-corrected chi connectivity index (χ2v) is 5.23. The van der Waals surface area contributed by atoms with Crippen LogP contribution in [0.15, 0.2) is 73.1 Å². The Hall–Kier alpha value is -3.21. The van der Waals surface area contributed by atoms with Crippen molar-refractivity contribution in [1.82, 2.24) is 24.3 Å². The van der Waals surface area contributed by atoms with Crippen LogP contribution in [0.4, 0.5) is 0 Å². The molecule has 0 aliphatic carbocycles. The molecule has 0 saturated heterocycles. The van der Waals surface area contributed by atoms with Crippen molar-refractivity contribution in [3.05, 3.63) is 73.1 Å². The molecule has 23 heavy (non-hydrogen) atoms. The molecule has 0 N–H and O–H groups in total. The van der Waals surface area contributed by atoms with Gasteiger partial charge in [0.05, 0.1) is 0 Å². The molecular weight excluding hydrogens is 286 g/mol. The highest BCUT2D eigenvalue weighted by atomic mass is 15.5. The summed E-state index contributed by atoms with van der Waals surface area (Å²) < 4.78 is 3.82. The Morgan fingerprint density at radius 3 is 1.57 bits per heavy atom. The van der Waals surface area contributed by atoms with Crippen molar-refractivity contribution in [2.24, 2.45) is 7.05 Å². The lowest BCUT2D eigenvalue weighted by Crippen LogP contribution is -2.18. The Morgan fingerprint density at radius 2 is 1.17 bits per heavy atom. The van der Waals surface area contributed by atoms with Gasteiger partial charge in [0.15, 0.2) is 11.6 Å². The van der Waals surface area contributed by atoms with Gasteiger partial charge >= 0.3 is 0 Å². The van der Waals surface area contributed by atoms with E-state index in [1.54, 1.807) is 0 Å². The minimum atomic E-state index is 0.614. The molecule has 0 aliphatic rings. The summed E-state index contributed by atoms with van der Waals surface area (Å²) in [6.07, 6.45) is 3.88. The molecule has 4 aromatic rings. The van der Waals surface area contributed by atoms with Crippen molar-refractivity contribution < 1.29 is 0 Å². The SMILES string of the molecule is Cn1ccn1-c1nc(-c2ccccc2)nc(-c2ccccc2)n1.